The standard InChI is InChI=1S/C15H14N6O2/c22-15(17-9-13-19-14(20-23-13)10-2-3-10)11-4-5-12(16-8-11)21-7-1-6-18-21/h1,4-8,10H,2-3,9H2,(H,17,22). The van der Waals surface area contributed by atoms with Crippen LogP contribution in [-0.2, 0) is 6.54 Å². The molecule has 116 valence electrons. The maximum absolute atomic E-state index is 12.1. The van der Waals surface area contributed by atoms with Crippen LogP contribution in [-0.4, -0.2) is 30.8 Å². The van der Waals surface area contributed by atoms with Gasteiger partial charge in [0.15, 0.2) is 11.6 Å². The third kappa shape index (κ3) is 2.96. The van der Waals surface area contributed by atoms with E-state index in [1.165, 1.54) is 6.20 Å². The number of amides is 1. The van der Waals surface area contributed by atoms with Crippen LogP contribution in [0.25, 0.3) is 5.82 Å². The van der Waals surface area contributed by atoms with Crippen molar-refractivity contribution < 1.29 is 9.32 Å². The summed E-state index contributed by atoms with van der Waals surface area (Å²) in [6.07, 6.45) is 7.19. The highest BCUT2D eigenvalue weighted by Crippen LogP contribution is 2.38. The molecule has 8 heteroatoms. The highest BCUT2D eigenvalue weighted by molar-refractivity contribution is 5.93. The Kier molecular flexibility index (Phi) is 3.34. The number of hydrogen-bond acceptors (Lipinski definition) is 6. The third-order valence-corrected chi connectivity index (χ3v) is 3.58. The lowest BCUT2D eigenvalue weighted by Gasteiger charge is -2.04. The summed E-state index contributed by atoms with van der Waals surface area (Å²) >= 11 is 0. The number of rotatable bonds is 5. The number of nitrogens with one attached hydrogen (secondary N) is 1. The maximum atomic E-state index is 12.1. The van der Waals surface area contributed by atoms with Gasteiger partial charge in [0.05, 0.1) is 12.1 Å². The highest BCUT2D eigenvalue weighted by atomic mass is 16.5. The maximum Gasteiger partial charge on any atom is 0.253 e. The molecule has 1 amide bonds. The predicted octanol–water partition coefficient (Wildman–Crippen LogP) is 1.46. The van der Waals surface area contributed by atoms with Crippen molar-refractivity contribution in [3.8, 4) is 5.82 Å². The first-order valence-corrected chi connectivity index (χ1v) is 7.36. The molecule has 1 aliphatic rings. The molecule has 3 aromatic rings. The molecule has 0 aromatic carbocycles. The van der Waals surface area contributed by atoms with Crippen LogP contribution in [0.3, 0.4) is 0 Å². The largest absolute Gasteiger partial charge is 0.343 e. The van der Waals surface area contributed by atoms with E-state index < -0.39 is 0 Å². The smallest absolute Gasteiger partial charge is 0.253 e. The molecule has 0 aliphatic heterocycles. The molecule has 0 unspecified atom stereocenters. The minimum absolute atomic E-state index is 0.208. The first-order valence-electron chi connectivity index (χ1n) is 7.36. The number of aromatic nitrogens is 5. The average molecular weight is 310 g/mol. The highest BCUT2D eigenvalue weighted by Gasteiger charge is 2.28. The number of pyridine rings is 1. The molecule has 8 nitrogen and oxygen atoms in total. The minimum Gasteiger partial charge on any atom is -0.343 e. The second-order valence-electron chi connectivity index (χ2n) is 5.36. The summed E-state index contributed by atoms with van der Waals surface area (Å²) in [5.74, 6) is 2.00. The van der Waals surface area contributed by atoms with Gasteiger partial charge in [-0.15, -0.1) is 0 Å². The second-order valence-corrected chi connectivity index (χ2v) is 5.36. The molecule has 0 saturated heterocycles. The lowest BCUT2D eigenvalue weighted by molar-refractivity contribution is 0.0946. The van der Waals surface area contributed by atoms with Crippen molar-refractivity contribution in [1.82, 2.24) is 30.2 Å². The van der Waals surface area contributed by atoms with E-state index in [4.69, 9.17) is 4.52 Å². The van der Waals surface area contributed by atoms with Crippen LogP contribution in [0.15, 0.2) is 41.3 Å². The Morgan fingerprint density at radius 2 is 2.30 bits per heavy atom. The van der Waals surface area contributed by atoms with Crippen molar-refractivity contribution in [2.24, 2.45) is 0 Å². The van der Waals surface area contributed by atoms with Crippen LogP contribution in [0.5, 0.6) is 0 Å². The Morgan fingerprint density at radius 3 is 3.00 bits per heavy atom. The van der Waals surface area contributed by atoms with Gasteiger partial charge in [-0.3, -0.25) is 4.79 Å². The minimum atomic E-state index is -0.240. The fourth-order valence-electron chi connectivity index (χ4n) is 2.17. The van der Waals surface area contributed by atoms with Crippen LogP contribution in [0.4, 0.5) is 0 Å². The van der Waals surface area contributed by atoms with Gasteiger partial charge in [-0.1, -0.05) is 5.16 Å². The predicted molar refractivity (Wildman–Crippen MR) is 78.8 cm³/mol. The van der Waals surface area contributed by atoms with Gasteiger partial charge in [0.25, 0.3) is 5.91 Å². The molecule has 4 rings (SSSR count). The molecular weight excluding hydrogens is 296 g/mol. The first-order chi connectivity index (χ1) is 11.3. The van der Waals surface area contributed by atoms with Crippen molar-refractivity contribution in [2.75, 3.05) is 0 Å². The Hall–Kier alpha value is -3.03. The van der Waals surface area contributed by atoms with Crippen molar-refractivity contribution in [1.29, 1.82) is 0 Å². The van der Waals surface area contributed by atoms with E-state index in [0.717, 1.165) is 18.7 Å². The Morgan fingerprint density at radius 1 is 1.39 bits per heavy atom. The zero-order valence-electron chi connectivity index (χ0n) is 12.2. The van der Waals surface area contributed by atoms with E-state index in [1.54, 1.807) is 29.2 Å². The Bertz CT molecular complexity index is 805. The molecule has 3 heterocycles. The number of carbonyl (C=O) groups is 1. The molecule has 0 spiro atoms. The molecule has 0 atom stereocenters. The van der Waals surface area contributed by atoms with Crippen molar-refractivity contribution >= 4 is 5.91 Å². The summed E-state index contributed by atoms with van der Waals surface area (Å²) in [7, 11) is 0. The summed E-state index contributed by atoms with van der Waals surface area (Å²) in [5.41, 5.74) is 0.461. The Labute approximate surface area is 131 Å². The van der Waals surface area contributed by atoms with E-state index in [0.29, 0.717) is 23.2 Å². The van der Waals surface area contributed by atoms with Gasteiger partial charge in [-0.2, -0.15) is 10.1 Å². The number of carbonyl (C=O) groups excluding carboxylic acids is 1. The number of hydrogen-bond donors (Lipinski definition) is 1. The molecule has 1 N–H and O–H groups in total. The van der Waals surface area contributed by atoms with Crippen LogP contribution < -0.4 is 5.32 Å². The normalized spacial score (nSPS) is 13.9. The molecule has 0 bridgehead atoms. The molecular formula is C15H14N6O2. The lowest BCUT2D eigenvalue weighted by Crippen LogP contribution is -2.23. The average Bonchev–Trinajstić information content (AvgIpc) is 3.11. The second kappa shape index (κ2) is 5.64. The van der Waals surface area contributed by atoms with Gasteiger partial charge in [0.2, 0.25) is 5.89 Å². The van der Waals surface area contributed by atoms with Crippen LogP contribution in [0.2, 0.25) is 0 Å². The molecule has 0 radical (unpaired) electrons. The molecule has 3 aromatic heterocycles. The molecule has 1 aliphatic carbocycles. The van der Waals surface area contributed by atoms with Crippen LogP contribution in [0.1, 0.15) is 40.8 Å². The van der Waals surface area contributed by atoms with Crippen LogP contribution >= 0.6 is 0 Å². The monoisotopic (exact) mass is 310 g/mol. The molecule has 23 heavy (non-hydrogen) atoms. The molecule has 1 saturated carbocycles. The van der Waals surface area contributed by atoms with Gasteiger partial charge >= 0.3 is 0 Å². The van der Waals surface area contributed by atoms with Gasteiger partial charge in [-0.25, -0.2) is 9.67 Å². The van der Waals surface area contributed by atoms with Gasteiger partial charge in [-0.05, 0) is 31.0 Å². The summed E-state index contributed by atoms with van der Waals surface area (Å²) < 4.78 is 6.74. The van der Waals surface area contributed by atoms with E-state index in [-0.39, 0.29) is 12.5 Å². The Balaban J connectivity index is 1.38. The quantitative estimate of drug-likeness (QED) is 0.766. The van der Waals surface area contributed by atoms with E-state index in [9.17, 15) is 4.79 Å². The van der Waals surface area contributed by atoms with Crippen molar-refractivity contribution in [3.63, 3.8) is 0 Å². The fourth-order valence-corrected chi connectivity index (χ4v) is 2.17. The number of nitrogens with zero attached hydrogens (tertiary/aromatic N) is 5. The zero-order valence-corrected chi connectivity index (χ0v) is 12.2. The zero-order chi connectivity index (χ0) is 15.6. The van der Waals surface area contributed by atoms with Gasteiger partial charge < -0.3 is 9.84 Å². The lowest BCUT2D eigenvalue weighted by atomic mass is 10.2. The first kappa shape index (κ1) is 13.6. The summed E-state index contributed by atoms with van der Waals surface area (Å²) in [5, 5.41) is 10.7. The van der Waals surface area contributed by atoms with E-state index >= 15 is 0 Å². The van der Waals surface area contributed by atoms with Crippen molar-refractivity contribution in [2.45, 2.75) is 25.3 Å². The van der Waals surface area contributed by atoms with Gasteiger partial charge in [0, 0.05) is 24.5 Å². The topological polar surface area (TPSA) is 98.7 Å². The molecule has 1 fully saturated rings. The third-order valence-electron chi connectivity index (χ3n) is 3.58. The summed E-state index contributed by atoms with van der Waals surface area (Å²) in [6, 6.07) is 5.24. The van der Waals surface area contributed by atoms with E-state index in [2.05, 4.69) is 25.5 Å². The summed E-state index contributed by atoms with van der Waals surface area (Å²) in [4.78, 5) is 20.6. The van der Waals surface area contributed by atoms with Crippen LogP contribution in [0, 0.1) is 0 Å². The van der Waals surface area contributed by atoms with Gasteiger partial charge in [0.1, 0.15) is 0 Å². The fraction of sp³-hybridized carbons (Fsp3) is 0.267. The SMILES string of the molecule is O=C(NCc1nc(C2CC2)no1)c1ccc(-n2cccn2)nc1. The van der Waals surface area contributed by atoms with E-state index in [1.807, 2.05) is 6.07 Å². The van der Waals surface area contributed by atoms with Crippen molar-refractivity contribution in [3.05, 3.63) is 54.1 Å². The summed E-state index contributed by atoms with van der Waals surface area (Å²) in [6.45, 7) is 0.208.